The van der Waals surface area contributed by atoms with E-state index in [9.17, 15) is 28.3 Å². The van der Waals surface area contributed by atoms with Crippen molar-refractivity contribution in [3.63, 3.8) is 0 Å². The summed E-state index contributed by atoms with van der Waals surface area (Å²) in [5.74, 6) is -1.88. The maximum Gasteiger partial charge on any atom is 0.408 e. The Morgan fingerprint density at radius 3 is 2.52 bits per heavy atom. The molecule has 0 aliphatic carbocycles. The number of aromatic nitrogens is 2. The lowest BCUT2D eigenvalue weighted by atomic mass is 9.84. The number of rotatable bonds is 15. The molecule has 0 bridgehead atoms. The third kappa shape index (κ3) is 11.8. The van der Waals surface area contributed by atoms with Gasteiger partial charge in [0.1, 0.15) is 17.7 Å². The summed E-state index contributed by atoms with van der Waals surface area (Å²) in [6.45, 7) is 19.1. The van der Waals surface area contributed by atoms with Gasteiger partial charge >= 0.3 is 18.0 Å². The Labute approximate surface area is 391 Å². The van der Waals surface area contributed by atoms with E-state index in [0.717, 1.165) is 71.9 Å². The number of methoxy groups -OCH3 is 1. The van der Waals surface area contributed by atoms with Gasteiger partial charge in [0.15, 0.2) is 0 Å². The fourth-order valence-electron chi connectivity index (χ4n) is 9.28. The monoisotopic (exact) mass is 932 g/mol. The molecule has 67 heavy (non-hydrogen) atoms. The van der Waals surface area contributed by atoms with E-state index in [1.165, 1.54) is 12.1 Å². The number of carbonyl (C=O) groups excluding carboxylic acids is 3. The lowest BCUT2D eigenvalue weighted by Gasteiger charge is -2.44. The van der Waals surface area contributed by atoms with Gasteiger partial charge in [0.25, 0.3) is 6.43 Å². The van der Waals surface area contributed by atoms with Crippen LogP contribution in [0.2, 0.25) is 0 Å². The van der Waals surface area contributed by atoms with Crippen LogP contribution in [-0.4, -0.2) is 121 Å². The summed E-state index contributed by atoms with van der Waals surface area (Å²) in [6, 6.07) is 10.5. The smallest absolute Gasteiger partial charge is 0.408 e. The lowest BCUT2D eigenvalue weighted by molar-refractivity contribution is -0.163. The number of aliphatic hydroxyl groups excluding tert-OH is 1. The summed E-state index contributed by atoms with van der Waals surface area (Å²) in [6.07, 6.45) is -0.943. The highest BCUT2D eigenvalue weighted by Gasteiger charge is 2.34. The van der Waals surface area contributed by atoms with E-state index in [2.05, 4.69) is 43.5 Å². The van der Waals surface area contributed by atoms with Crippen molar-refractivity contribution in [3.8, 4) is 22.4 Å². The largest absolute Gasteiger partial charge is 0.444 e. The van der Waals surface area contributed by atoms with E-state index in [0.29, 0.717) is 55.6 Å². The number of fused-ring (bicyclic) bond motifs is 2. The highest BCUT2D eigenvalue weighted by atomic mass is 19.3. The van der Waals surface area contributed by atoms with E-state index in [-0.39, 0.29) is 30.7 Å². The van der Waals surface area contributed by atoms with E-state index in [1.54, 1.807) is 33.9 Å². The summed E-state index contributed by atoms with van der Waals surface area (Å²) in [5, 5.41) is 14.1. The van der Waals surface area contributed by atoms with Gasteiger partial charge < -0.3 is 38.8 Å². The second kappa shape index (κ2) is 21.1. The molecule has 17 heteroatoms. The number of anilines is 1. The Morgan fingerprint density at radius 2 is 1.84 bits per heavy atom. The van der Waals surface area contributed by atoms with E-state index < -0.39 is 47.6 Å². The fraction of sp³-hybridized carbons (Fsp3) is 0.560. The number of carbonyl (C=O) groups is 3. The van der Waals surface area contributed by atoms with Crippen LogP contribution in [0.4, 0.5) is 19.3 Å². The third-order valence-corrected chi connectivity index (χ3v) is 12.8. The number of pyridine rings is 1. The minimum atomic E-state index is -2.87. The minimum Gasteiger partial charge on any atom is -0.444 e. The highest BCUT2D eigenvalue weighted by Crippen LogP contribution is 2.43. The van der Waals surface area contributed by atoms with E-state index in [1.807, 2.05) is 45.2 Å². The number of benzene rings is 2. The Bertz CT molecular complexity index is 2410. The Kier molecular flexibility index (Phi) is 15.7. The first-order valence-electron chi connectivity index (χ1n) is 23.4. The number of esters is 2. The molecule has 3 saturated heterocycles. The van der Waals surface area contributed by atoms with Crippen LogP contribution in [0.1, 0.15) is 96.2 Å². The maximum atomic E-state index is 14.8. The van der Waals surface area contributed by atoms with Crippen LogP contribution < -0.4 is 21.1 Å². The van der Waals surface area contributed by atoms with Gasteiger partial charge in [-0.15, -0.1) is 0 Å². The normalized spacial score (nSPS) is 19.3. The number of hydrogen-bond donors (Lipinski definition) is 4. The van der Waals surface area contributed by atoms with E-state index >= 15 is 0 Å². The molecule has 4 atom stereocenters. The Balaban J connectivity index is 1.32. The molecule has 364 valence electrons. The van der Waals surface area contributed by atoms with Crippen LogP contribution in [-0.2, 0) is 47.9 Å². The molecule has 4 aromatic rings. The summed E-state index contributed by atoms with van der Waals surface area (Å²) in [5.41, 5.74) is 10.8. The average Bonchev–Trinajstić information content (AvgIpc) is 3.61. The zero-order valence-electron chi connectivity index (χ0n) is 40.0. The van der Waals surface area contributed by atoms with Crippen LogP contribution in [0.25, 0.3) is 33.3 Å². The number of alkyl carbamates (subject to hydrolysis) is 1. The second-order valence-electron chi connectivity index (χ2n) is 19.7. The number of hydrazine groups is 1. The Morgan fingerprint density at radius 1 is 1.04 bits per heavy atom. The van der Waals surface area contributed by atoms with E-state index in [4.69, 9.17) is 23.9 Å². The molecule has 3 fully saturated rings. The second-order valence-corrected chi connectivity index (χ2v) is 19.7. The molecular formula is C50H67F2N7O8. The van der Waals surface area contributed by atoms with Gasteiger partial charge in [0, 0.05) is 81.4 Å². The van der Waals surface area contributed by atoms with Gasteiger partial charge in [-0.05, 0) is 106 Å². The van der Waals surface area contributed by atoms with Crippen molar-refractivity contribution in [2.75, 3.05) is 64.6 Å². The molecule has 0 spiro atoms. The summed E-state index contributed by atoms with van der Waals surface area (Å²) >= 11 is 0. The van der Waals surface area contributed by atoms with Crippen LogP contribution >= 0.6 is 0 Å². The van der Waals surface area contributed by atoms with Crippen molar-refractivity contribution in [2.24, 2.45) is 5.41 Å². The predicted octanol–water partition coefficient (Wildman–Crippen LogP) is 6.88. The standard InChI is InChI=1S/C50H67F2N7O8/c1-9-59-42-13-12-32(33-19-31(20-34(22-33)45(51)52)21-41(55-48(63)67-49(3,4)5)47(62)66-46(61)40-11-10-14-54-56-40)23-37(42)39(25-50(6,7)29-60)44(59)38-24-35(26-53-43(38)30(2)64-8)58-16-15-57-17-18-65-28-36(57)27-58/h12-13,19-20,22-24,26,30,36,40-41,45,54,56,60H,9-11,14-18,21,25,27-29H2,1-8H3,(H,55,63)/t30-,36-,40?,41-/m0/s1. The van der Waals surface area contributed by atoms with Crippen LogP contribution in [0.15, 0.2) is 48.7 Å². The van der Waals surface area contributed by atoms with Gasteiger partial charge in [-0.2, -0.15) is 0 Å². The van der Waals surface area contributed by atoms with Gasteiger partial charge in [-0.3, -0.25) is 15.3 Å². The van der Waals surface area contributed by atoms with Crippen molar-refractivity contribution in [1.29, 1.82) is 0 Å². The number of hydrogen-bond acceptors (Lipinski definition) is 13. The SMILES string of the molecule is CCn1c(-c2cc(N3CCN4CCOC[C@@H]4C3)cnc2[C@H](C)OC)c(CC(C)(C)CO)c2cc(-c3cc(C[C@H](NC(=O)OC(C)(C)C)C(=O)OC(=O)C4CCCNN4)cc(C(F)F)c3)ccc21. The highest BCUT2D eigenvalue weighted by molar-refractivity contribution is 5.96. The number of aliphatic hydroxyl groups is 1. The molecule has 3 aliphatic rings. The third-order valence-electron chi connectivity index (χ3n) is 12.8. The average molecular weight is 932 g/mol. The quantitative estimate of drug-likeness (QED) is 0.0720. The van der Waals surface area contributed by atoms with Gasteiger partial charge in [-0.25, -0.2) is 28.6 Å². The van der Waals surface area contributed by atoms with Crippen LogP contribution in [0, 0.1) is 5.41 Å². The van der Waals surface area contributed by atoms with Crippen molar-refractivity contribution in [3.05, 3.63) is 71.0 Å². The lowest BCUT2D eigenvalue weighted by Crippen LogP contribution is -2.58. The number of amides is 1. The molecule has 2 aromatic heterocycles. The molecule has 0 saturated carbocycles. The first-order valence-corrected chi connectivity index (χ1v) is 23.4. The van der Waals surface area contributed by atoms with Crippen molar-refractivity contribution in [2.45, 2.75) is 117 Å². The number of ether oxygens (including phenoxy) is 4. The number of nitrogens with zero attached hydrogens (tertiary/aromatic N) is 4. The fourth-order valence-corrected chi connectivity index (χ4v) is 9.28. The van der Waals surface area contributed by atoms with Crippen LogP contribution in [0.5, 0.6) is 0 Å². The number of aryl methyl sites for hydroxylation is 1. The first kappa shape index (κ1) is 49.9. The number of morpholine rings is 1. The first-order chi connectivity index (χ1) is 31.9. The summed E-state index contributed by atoms with van der Waals surface area (Å²) < 4.78 is 54.4. The molecule has 15 nitrogen and oxygen atoms in total. The number of alkyl halides is 2. The molecule has 4 N–H and O–H groups in total. The van der Waals surface area contributed by atoms with Crippen LogP contribution in [0.3, 0.4) is 0 Å². The van der Waals surface area contributed by atoms with Crippen molar-refractivity contribution < 1.29 is 47.2 Å². The maximum absolute atomic E-state index is 14.8. The summed E-state index contributed by atoms with van der Waals surface area (Å²) in [4.78, 5) is 49.7. The minimum absolute atomic E-state index is 0.0847. The molecule has 3 aliphatic heterocycles. The predicted molar refractivity (Wildman–Crippen MR) is 252 cm³/mol. The van der Waals surface area contributed by atoms with Gasteiger partial charge in [0.05, 0.1) is 48.6 Å². The zero-order chi connectivity index (χ0) is 48.2. The summed E-state index contributed by atoms with van der Waals surface area (Å²) in [7, 11) is 1.66. The van der Waals surface area contributed by atoms with Gasteiger partial charge in [0.2, 0.25) is 0 Å². The molecule has 0 radical (unpaired) electrons. The van der Waals surface area contributed by atoms with Crippen molar-refractivity contribution >= 4 is 34.6 Å². The molecule has 1 amide bonds. The zero-order valence-corrected chi connectivity index (χ0v) is 40.0. The van der Waals surface area contributed by atoms with Crippen molar-refractivity contribution in [1.82, 2.24) is 30.6 Å². The molecular weight excluding hydrogens is 865 g/mol. The number of nitrogens with one attached hydrogen (secondary N) is 3. The molecule has 1 unspecified atom stereocenters. The number of piperazine rings is 1. The molecule has 7 rings (SSSR count). The number of halogens is 2. The molecule has 2 aromatic carbocycles. The van der Waals surface area contributed by atoms with Gasteiger partial charge in [-0.1, -0.05) is 32.0 Å². The Hall–Kier alpha value is -5.04. The molecule has 5 heterocycles. The topological polar surface area (TPSA) is 169 Å².